The first-order valence-corrected chi connectivity index (χ1v) is 8.21. The van der Waals surface area contributed by atoms with Gasteiger partial charge in [0.2, 0.25) is 0 Å². The van der Waals surface area contributed by atoms with Crippen molar-refractivity contribution in [3.8, 4) is 0 Å². The van der Waals surface area contributed by atoms with Crippen LogP contribution < -0.4 is 15.8 Å². The van der Waals surface area contributed by atoms with Crippen molar-refractivity contribution < 1.29 is 0 Å². The molecule has 0 amide bonds. The van der Waals surface area contributed by atoms with Crippen molar-refractivity contribution in [1.29, 1.82) is 0 Å². The number of nitrogens with zero attached hydrogens (tertiary/aromatic N) is 3. The molecule has 1 unspecified atom stereocenters. The lowest BCUT2D eigenvalue weighted by molar-refractivity contribution is 0.429. The maximum atomic E-state index is 12.2. The lowest BCUT2D eigenvalue weighted by Crippen LogP contribution is -2.47. The summed E-state index contributed by atoms with van der Waals surface area (Å²) in [6, 6.07) is 0.443. The molecule has 1 fully saturated rings. The fourth-order valence-electron chi connectivity index (χ4n) is 2.72. The highest BCUT2D eigenvalue weighted by molar-refractivity contribution is 9.10. The Labute approximate surface area is 128 Å². The second-order valence-corrected chi connectivity index (χ2v) is 5.95. The first kappa shape index (κ1) is 15.5. The monoisotopic (exact) mass is 342 g/mol. The van der Waals surface area contributed by atoms with Crippen LogP contribution in [-0.4, -0.2) is 35.5 Å². The summed E-state index contributed by atoms with van der Waals surface area (Å²) in [7, 11) is 0. The van der Waals surface area contributed by atoms with E-state index in [-0.39, 0.29) is 5.56 Å². The molecule has 1 aliphatic heterocycles. The molecule has 112 valence electrons. The maximum Gasteiger partial charge on any atom is 0.283 e. The van der Waals surface area contributed by atoms with Crippen LogP contribution in [0.4, 0.5) is 5.69 Å². The third-order valence-electron chi connectivity index (χ3n) is 3.75. The molecule has 5 nitrogen and oxygen atoms in total. The number of halogens is 1. The van der Waals surface area contributed by atoms with Gasteiger partial charge in [0, 0.05) is 25.7 Å². The smallest absolute Gasteiger partial charge is 0.283 e. The Hall–Kier alpha value is -0.880. The lowest BCUT2D eigenvalue weighted by atomic mass is 10.1. The summed E-state index contributed by atoms with van der Waals surface area (Å²) in [5.41, 5.74) is 0.880. The van der Waals surface area contributed by atoms with E-state index < -0.39 is 0 Å². The van der Waals surface area contributed by atoms with Gasteiger partial charge in [-0.15, -0.1) is 0 Å². The van der Waals surface area contributed by atoms with Gasteiger partial charge >= 0.3 is 0 Å². The zero-order valence-corrected chi connectivity index (χ0v) is 13.8. The molecule has 0 spiro atoms. The second-order valence-electron chi connectivity index (χ2n) is 5.16. The van der Waals surface area contributed by atoms with Gasteiger partial charge in [0.15, 0.2) is 0 Å². The van der Waals surface area contributed by atoms with Gasteiger partial charge in [-0.2, -0.15) is 5.10 Å². The molecule has 20 heavy (non-hydrogen) atoms. The van der Waals surface area contributed by atoms with E-state index in [1.54, 1.807) is 0 Å². The average molecular weight is 343 g/mol. The molecule has 1 aromatic rings. The molecule has 0 radical (unpaired) electrons. The predicted octanol–water partition coefficient (Wildman–Crippen LogP) is 1.99. The molecule has 2 rings (SSSR count). The Morgan fingerprint density at radius 2 is 2.35 bits per heavy atom. The molecule has 0 aromatic carbocycles. The fraction of sp³-hybridized carbons (Fsp3) is 0.714. The molecule has 1 atom stereocenters. The largest absolute Gasteiger partial charge is 0.365 e. The highest BCUT2D eigenvalue weighted by Crippen LogP contribution is 2.26. The number of hydrogen-bond acceptors (Lipinski definition) is 4. The Balaban J connectivity index is 2.33. The molecule has 0 bridgehead atoms. The predicted molar refractivity (Wildman–Crippen MR) is 85.4 cm³/mol. The average Bonchev–Trinajstić information content (AvgIpc) is 2.49. The Kier molecular flexibility index (Phi) is 5.60. The lowest BCUT2D eigenvalue weighted by Gasteiger charge is -2.36. The first-order chi connectivity index (χ1) is 9.69. The standard InChI is InChI=1S/C14H23BrN4O/c1-3-8-18(11-6-5-7-16-9-11)12-10-17-19(4-2)14(20)13(12)15/h10-11,16H,3-9H2,1-2H3. The van der Waals surface area contributed by atoms with Crippen molar-refractivity contribution in [3.05, 3.63) is 21.0 Å². The van der Waals surface area contributed by atoms with Crippen molar-refractivity contribution >= 4 is 21.6 Å². The fourth-order valence-corrected chi connectivity index (χ4v) is 3.26. The maximum absolute atomic E-state index is 12.2. The van der Waals surface area contributed by atoms with Crippen LogP contribution >= 0.6 is 15.9 Å². The summed E-state index contributed by atoms with van der Waals surface area (Å²) >= 11 is 3.47. The van der Waals surface area contributed by atoms with Crippen molar-refractivity contribution in [2.24, 2.45) is 0 Å². The molecule has 1 N–H and O–H groups in total. The minimum atomic E-state index is -0.0464. The van der Waals surface area contributed by atoms with E-state index in [0.29, 0.717) is 17.1 Å². The van der Waals surface area contributed by atoms with Crippen molar-refractivity contribution in [2.45, 2.75) is 45.7 Å². The molecule has 6 heteroatoms. The van der Waals surface area contributed by atoms with Crippen molar-refractivity contribution in [3.63, 3.8) is 0 Å². The highest BCUT2D eigenvalue weighted by atomic mass is 79.9. The topological polar surface area (TPSA) is 50.2 Å². The number of piperidine rings is 1. The summed E-state index contributed by atoms with van der Waals surface area (Å²) in [5, 5.41) is 7.71. The second kappa shape index (κ2) is 7.22. The number of aryl methyl sites for hydroxylation is 1. The van der Waals surface area contributed by atoms with Gasteiger partial charge in [0.25, 0.3) is 5.56 Å². The van der Waals surface area contributed by atoms with Gasteiger partial charge in [0.1, 0.15) is 4.47 Å². The summed E-state index contributed by atoms with van der Waals surface area (Å²) in [6.07, 6.45) is 5.22. The minimum Gasteiger partial charge on any atom is -0.365 e. The summed E-state index contributed by atoms with van der Waals surface area (Å²) in [6.45, 7) is 7.70. The van der Waals surface area contributed by atoms with E-state index in [9.17, 15) is 4.79 Å². The van der Waals surface area contributed by atoms with E-state index in [1.807, 2.05) is 13.1 Å². The third kappa shape index (κ3) is 3.23. The summed E-state index contributed by atoms with van der Waals surface area (Å²) in [5.74, 6) is 0. The molecule has 1 aliphatic rings. The van der Waals surface area contributed by atoms with Gasteiger partial charge in [-0.25, -0.2) is 4.68 Å². The van der Waals surface area contributed by atoms with Crippen LogP contribution in [0.1, 0.15) is 33.1 Å². The molecule has 2 heterocycles. The third-order valence-corrected chi connectivity index (χ3v) is 4.50. The quantitative estimate of drug-likeness (QED) is 0.888. The van der Waals surface area contributed by atoms with Gasteiger partial charge in [-0.05, 0) is 48.7 Å². The summed E-state index contributed by atoms with van der Waals surface area (Å²) in [4.78, 5) is 14.5. The molecule has 1 saturated heterocycles. The summed E-state index contributed by atoms with van der Waals surface area (Å²) < 4.78 is 2.12. The molecule has 0 saturated carbocycles. The van der Waals surface area contributed by atoms with Crippen LogP contribution in [0.15, 0.2) is 15.5 Å². The minimum absolute atomic E-state index is 0.0464. The van der Waals surface area contributed by atoms with Gasteiger partial charge < -0.3 is 10.2 Å². The van der Waals surface area contributed by atoms with E-state index in [1.165, 1.54) is 11.1 Å². The van der Waals surface area contributed by atoms with Crippen LogP contribution in [0.25, 0.3) is 0 Å². The number of rotatable bonds is 5. The molecular weight excluding hydrogens is 320 g/mol. The van der Waals surface area contributed by atoms with Gasteiger partial charge in [-0.3, -0.25) is 4.79 Å². The van der Waals surface area contributed by atoms with Crippen molar-refractivity contribution in [2.75, 3.05) is 24.5 Å². The first-order valence-electron chi connectivity index (χ1n) is 7.42. The zero-order chi connectivity index (χ0) is 14.5. The normalized spacial score (nSPS) is 19.1. The van der Waals surface area contributed by atoms with Crippen molar-refractivity contribution in [1.82, 2.24) is 15.1 Å². The molecule has 1 aromatic heterocycles. The van der Waals surface area contributed by atoms with Gasteiger partial charge in [0.05, 0.1) is 11.9 Å². The molecule has 0 aliphatic carbocycles. The van der Waals surface area contributed by atoms with Crippen LogP contribution in [0.3, 0.4) is 0 Å². The zero-order valence-electron chi connectivity index (χ0n) is 12.2. The van der Waals surface area contributed by atoms with E-state index in [2.05, 4.69) is 38.2 Å². The Bertz CT molecular complexity index is 496. The number of hydrogen-bond donors (Lipinski definition) is 1. The van der Waals surface area contributed by atoms with Gasteiger partial charge in [-0.1, -0.05) is 6.92 Å². The van der Waals surface area contributed by atoms with E-state index in [0.717, 1.165) is 38.2 Å². The molecular formula is C14H23BrN4O. The number of nitrogens with one attached hydrogen (secondary N) is 1. The van der Waals surface area contributed by atoms with E-state index >= 15 is 0 Å². The van der Waals surface area contributed by atoms with Crippen LogP contribution in [0, 0.1) is 0 Å². The number of anilines is 1. The van der Waals surface area contributed by atoms with E-state index in [4.69, 9.17) is 0 Å². The van der Waals surface area contributed by atoms with Crippen LogP contribution in [0.2, 0.25) is 0 Å². The Morgan fingerprint density at radius 3 is 2.95 bits per heavy atom. The highest BCUT2D eigenvalue weighted by Gasteiger charge is 2.23. The van der Waals surface area contributed by atoms with Crippen LogP contribution in [-0.2, 0) is 6.54 Å². The van der Waals surface area contributed by atoms with Crippen LogP contribution in [0.5, 0.6) is 0 Å². The SMILES string of the molecule is CCCN(c1cnn(CC)c(=O)c1Br)C1CCCNC1. The Morgan fingerprint density at radius 1 is 1.55 bits per heavy atom. The number of aromatic nitrogens is 2.